The molecule has 1 nitrogen and oxygen atoms in total. The van der Waals surface area contributed by atoms with Crippen LogP contribution < -0.4 is 0 Å². The second-order valence-corrected chi connectivity index (χ2v) is 4.31. The van der Waals surface area contributed by atoms with Crippen molar-refractivity contribution in [2.45, 2.75) is 32.0 Å². The van der Waals surface area contributed by atoms with Crippen LogP contribution in [0.3, 0.4) is 0 Å². The Morgan fingerprint density at radius 2 is 2.00 bits per heavy atom. The minimum absolute atomic E-state index is 0.606. The van der Waals surface area contributed by atoms with Crippen LogP contribution >= 0.6 is 0 Å². The van der Waals surface area contributed by atoms with Crippen LogP contribution in [-0.2, 0) is 6.54 Å². The smallest absolute Gasteiger partial charge is 0.113 e. The van der Waals surface area contributed by atoms with Crippen molar-refractivity contribution in [2.75, 3.05) is 13.1 Å². The van der Waals surface area contributed by atoms with Gasteiger partial charge in [0.1, 0.15) is 6.17 Å². The number of benzene rings is 1. The van der Waals surface area contributed by atoms with Gasteiger partial charge in [0.15, 0.2) is 0 Å². The average Bonchev–Trinajstić information content (AvgIpc) is 2.44. The minimum Gasteiger partial charge on any atom is -0.296 e. The molecule has 2 heteroatoms. The Labute approximate surface area is 90.9 Å². The molecule has 0 aliphatic carbocycles. The maximum atomic E-state index is 13.4. The lowest BCUT2D eigenvalue weighted by Crippen LogP contribution is -2.28. The van der Waals surface area contributed by atoms with Crippen LogP contribution in [0.2, 0.25) is 0 Å². The lowest BCUT2D eigenvalue weighted by Gasteiger charge is -2.20. The summed E-state index contributed by atoms with van der Waals surface area (Å²) in [7, 11) is 0. The van der Waals surface area contributed by atoms with Gasteiger partial charge >= 0.3 is 0 Å². The Bertz CT molecular complexity index is 286. The highest BCUT2D eigenvalue weighted by Crippen LogP contribution is 2.15. The number of likely N-dealkylation sites (tertiary alicyclic amines) is 1. The molecule has 0 N–H and O–H groups in total. The molecule has 2 rings (SSSR count). The lowest BCUT2D eigenvalue weighted by molar-refractivity contribution is 0.201. The maximum Gasteiger partial charge on any atom is 0.113 e. The maximum absolute atomic E-state index is 13.4. The molecule has 1 aliphatic rings. The molecule has 1 aromatic carbocycles. The molecule has 1 saturated heterocycles. The molecular weight excluding hydrogens is 189 g/mol. The predicted molar refractivity (Wildman–Crippen MR) is 60.5 cm³/mol. The fraction of sp³-hybridized carbons (Fsp3) is 0.538. The Hall–Kier alpha value is -0.890. The monoisotopic (exact) mass is 207 g/mol. The van der Waals surface area contributed by atoms with Gasteiger partial charge in [0, 0.05) is 13.1 Å². The molecule has 0 saturated carbocycles. The SMILES string of the molecule is FC1CCCCN(Cc2ccccc2)C1. The Morgan fingerprint density at radius 1 is 1.20 bits per heavy atom. The van der Waals surface area contributed by atoms with Gasteiger partial charge in [0.05, 0.1) is 0 Å². The van der Waals surface area contributed by atoms with Crippen molar-refractivity contribution in [2.24, 2.45) is 0 Å². The summed E-state index contributed by atoms with van der Waals surface area (Å²) in [6, 6.07) is 10.3. The van der Waals surface area contributed by atoms with E-state index >= 15 is 0 Å². The number of alkyl halides is 1. The van der Waals surface area contributed by atoms with Crippen molar-refractivity contribution < 1.29 is 4.39 Å². The zero-order valence-corrected chi connectivity index (χ0v) is 9.03. The van der Waals surface area contributed by atoms with Gasteiger partial charge in [-0.1, -0.05) is 30.3 Å². The van der Waals surface area contributed by atoms with Crippen LogP contribution in [0.1, 0.15) is 24.8 Å². The first-order chi connectivity index (χ1) is 7.34. The first kappa shape index (κ1) is 10.6. The highest BCUT2D eigenvalue weighted by Gasteiger charge is 2.16. The number of hydrogen-bond acceptors (Lipinski definition) is 1. The van der Waals surface area contributed by atoms with E-state index in [9.17, 15) is 4.39 Å². The second-order valence-electron chi connectivity index (χ2n) is 4.31. The molecule has 82 valence electrons. The van der Waals surface area contributed by atoms with E-state index in [0.717, 1.165) is 32.4 Å². The van der Waals surface area contributed by atoms with E-state index in [1.165, 1.54) is 5.56 Å². The predicted octanol–water partition coefficient (Wildman–Crippen LogP) is 3.01. The molecule has 15 heavy (non-hydrogen) atoms. The van der Waals surface area contributed by atoms with E-state index < -0.39 is 6.17 Å². The third kappa shape index (κ3) is 3.31. The van der Waals surface area contributed by atoms with Crippen LogP contribution in [0.15, 0.2) is 30.3 Å². The van der Waals surface area contributed by atoms with E-state index in [2.05, 4.69) is 17.0 Å². The van der Waals surface area contributed by atoms with Crippen LogP contribution in [0.4, 0.5) is 4.39 Å². The fourth-order valence-corrected chi connectivity index (χ4v) is 2.15. The topological polar surface area (TPSA) is 3.24 Å². The zero-order valence-electron chi connectivity index (χ0n) is 9.03. The molecule has 1 heterocycles. The molecule has 1 atom stereocenters. The van der Waals surface area contributed by atoms with Crippen molar-refractivity contribution in [1.82, 2.24) is 4.90 Å². The lowest BCUT2D eigenvalue weighted by atomic mass is 10.2. The molecule has 0 aromatic heterocycles. The van der Waals surface area contributed by atoms with Crippen LogP contribution in [0, 0.1) is 0 Å². The van der Waals surface area contributed by atoms with Gasteiger partial charge in [-0.05, 0) is 31.4 Å². The Balaban J connectivity index is 1.93. The van der Waals surface area contributed by atoms with Crippen molar-refractivity contribution in [1.29, 1.82) is 0 Å². The first-order valence-corrected chi connectivity index (χ1v) is 5.75. The van der Waals surface area contributed by atoms with E-state index in [4.69, 9.17) is 0 Å². The number of nitrogens with zero attached hydrogens (tertiary/aromatic N) is 1. The highest BCUT2D eigenvalue weighted by atomic mass is 19.1. The van der Waals surface area contributed by atoms with Gasteiger partial charge in [-0.3, -0.25) is 4.90 Å². The van der Waals surface area contributed by atoms with Crippen molar-refractivity contribution in [3.8, 4) is 0 Å². The zero-order chi connectivity index (χ0) is 10.5. The van der Waals surface area contributed by atoms with Gasteiger partial charge in [-0.2, -0.15) is 0 Å². The number of halogens is 1. The van der Waals surface area contributed by atoms with Crippen molar-refractivity contribution in [3.05, 3.63) is 35.9 Å². The van der Waals surface area contributed by atoms with Crippen LogP contribution in [0.25, 0.3) is 0 Å². The van der Waals surface area contributed by atoms with Crippen molar-refractivity contribution >= 4 is 0 Å². The van der Waals surface area contributed by atoms with Gasteiger partial charge in [-0.15, -0.1) is 0 Å². The summed E-state index contributed by atoms with van der Waals surface area (Å²) in [5.41, 5.74) is 1.28. The molecule has 0 bridgehead atoms. The Morgan fingerprint density at radius 3 is 2.80 bits per heavy atom. The van der Waals surface area contributed by atoms with Crippen LogP contribution in [0.5, 0.6) is 0 Å². The van der Waals surface area contributed by atoms with E-state index in [0.29, 0.717) is 6.54 Å². The summed E-state index contributed by atoms with van der Waals surface area (Å²) in [5.74, 6) is 0. The number of rotatable bonds is 2. The summed E-state index contributed by atoms with van der Waals surface area (Å²) in [6.07, 6.45) is 2.28. The molecule has 1 unspecified atom stereocenters. The molecule has 0 spiro atoms. The Kier molecular flexibility index (Phi) is 3.73. The largest absolute Gasteiger partial charge is 0.296 e. The van der Waals surface area contributed by atoms with E-state index in [1.807, 2.05) is 18.2 Å². The third-order valence-electron chi connectivity index (χ3n) is 2.95. The minimum atomic E-state index is -0.629. The van der Waals surface area contributed by atoms with E-state index in [1.54, 1.807) is 0 Å². The summed E-state index contributed by atoms with van der Waals surface area (Å²) in [6.45, 7) is 2.53. The quantitative estimate of drug-likeness (QED) is 0.720. The molecule has 0 amide bonds. The molecular formula is C13H18FN. The third-order valence-corrected chi connectivity index (χ3v) is 2.95. The fourth-order valence-electron chi connectivity index (χ4n) is 2.15. The molecule has 1 fully saturated rings. The van der Waals surface area contributed by atoms with Crippen molar-refractivity contribution in [3.63, 3.8) is 0 Å². The first-order valence-electron chi connectivity index (χ1n) is 5.75. The van der Waals surface area contributed by atoms with Gasteiger partial charge in [0.2, 0.25) is 0 Å². The molecule has 1 aromatic rings. The molecule has 1 aliphatic heterocycles. The highest BCUT2D eigenvalue weighted by molar-refractivity contribution is 5.14. The summed E-state index contributed by atoms with van der Waals surface area (Å²) in [5, 5.41) is 0. The summed E-state index contributed by atoms with van der Waals surface area (Å²) >= 11 is 0. The summed E-state index contributed by atoms with van der Waals surface area (Å²) < 4.78 is 13.4. The normalized spacial score (nSPS) is 23.7. The summed E-state index contributed by atoms with van der Waals surface area (Å²) in [4.78, 5) is 2.23. The van der Waals surface area contributed by atoms with Gasteiger partial charge in [0.25, 0.3) is 0 Å². The van der Waals surface area contributed by atoms with Crippen LogP contribution in [-0.4, -0.2) is 24.2 Å². The standard InChI is InChI=1S/C13H18FN/c14-13-8-4-5-9-15(11-13)10-12-6-2-1-3-7-12/h1-3,6-7,13H,4-5,8-11H2. The van der Waals surface area contributed by atoms with Gasteiger partial charge in [-0.25, -0.2) is 4.39 Å². The van der Waals surface area contributed by atoms with Gasteiger partial charge < -0.3 is 0 Å². The molecule has 0 radical (unpaired) electrons. The second kappa shape index (κ2) is 5.26. The average molecular weight is 207 g/mol. The van der Waals surface area contributed by atoms with E-state index in [-0.39, 0.29) is 0 Å². The number of hydrogen-bond donors (Lipinski definition) is 0.